The van der Waals surface area contributed by atoms with E-state index in [4.69, 9.17) is 9.84 Å². The lowest BCUT2D eigenvalue weighted by molar-refractivity contribution is -0.151. The molecule has 0 aromatic heterocycles. The highest BCUT2D eigenvalue weighted by molar-refractivity contribution is 5.90. The quantitative estimate of drug-likeness (QED) is 0.366. The molecule has 5 nitrogen and oxygen atoms in total. The molecule has 0 atom stereocenters. The highest BCUT2D eigenvalue weighted by Crippen LogP contribution is 1.96. The van der Waals surface area contributed by atoms with Crippen molar-refractivity contribution >= 4 is 11.9 Å². The Bertz CT molecular complexity index is 214. The largest absolute Gasteiger partial charge is 0.481 e. The maximum atomic E-state index is 10.8. The highest BCUT2D eigenvalue weighted by atomic mass is 16.5. The van der Waals surface area contributed by atoms with E-state index in [1.807, 2.05) is 0 Å². The normalized spacial score (nSPS) is 10.4. The molecule has 0 aliphatic carbocycles. The monoisotopic (exact) mass is 231 g/mol. The van der Waals surface area contributed by atoms with Gasteiger partial charge in [-0.25, -0.2) is 0 Å². The van der Waals surface area contributed by atoms with Crippen molar-refractivity contribution in [3.8, 4) is 0 Å². The van der Waals surface area contributed by atoms with Gasteiger partial charge in [0.05, 0.1) is 6.61 Å². The number of hydrogen-bond donors (Lipinski definition) is 1. The first-order valence-electron chi connectivity index (χ1n) is 5.69. The zero-order chi connectivity index (χ0) is 12.4. The number of carbonyl (C=O) groups excluding carboxylic acids is 1. The van der Waals surface area contributed by atoms with E-state index >= 15 is 0 Å². The van der Waals surface area contributed by atoms with Gasteiger partial charge < -0.3 is 14.7 Å². The van der Waals surface area contributed by atoms with Crippen LogP contribution >= 0.6 is 0 Å². The molecule has 1 N–H and O–H groups in total. The summed E-state index contributed by atoms with van der Waals surface area (Å²) in [7, 11) is 0. The van der Waals surface area contributed by atoms with E-state index in [1.165, 1.54) is 0 Å². The van der Waals surface area contributed by atoms with Gasteiger partial charge in [0.15, 0.2) is 0 Å². The summed E-state index contributed by atoms with van der Waals surface area (Å²) < 4.78 is 4.76. The van der Waals surface area contributed by atoms with Crippen molar-refractivity contribution in [3.63, 3.8) is 0 Å². The summed E-state index contributed by atoms with van der Waals surface area (Å²) in [6.45, 7) is 7.56. The predicted molar refractivity (Wildman–Crippen MR) is 60.2 cm³/mol. The Labute approximate surface area is 96.4 Å². The van der Waals surface area contributed by atoms with E-state index in [0.29, 0.717) is 6.61 Å². The van der Waals surface area contributed by atoms with Crippen LogP contribution in [0.2, 0.25) is 0 Å². The van der Waals surface area contributed by atoms with Gasteiger partial charge >= 0.3 is 11.9 Å². The second kappa shape index (κ2) is 9.15. The molecule has 0 rings (SSSR count). The van der Waals surface area contributed by atoms with Crippen LogP contribution < -0.4 is 0 Å². The fraction of sp³-hybridized carbons (Fsp3) is 0.818. The summed E-state index contributed by atoms with van der Waals surface area (Å²) in [4.78, 5) is 23.3. The Morgan fingerprint density at radius 3 is 2.31 bits per heavy atom. The molecule has 0 fully saturated rings. The average Bonchev–Trinajstić information content (AvgIpc) is 2.22. The van der Waals surface area contributed by atoms with Crippen LogP contribution in [-0.2, 0) is 14.3 Å². The molecule has 0 aromatic rings. The van der Waals surface area contributed by atoms with Gasteiger partial charge in [-0.2, -0.15) is 0 Å². The van der Waals surface area contributed by atoms with Crippen molar-refractivity contribution < 1.29 is 19.4 Å². The van der Waals surface area contributed by atoms with Crippen molar-refractivity contribution in [2.24, 2.45) is 0 Å². The fourth-order valence-electron chi connectivity index (χ4n) is 1.34. The molecule has 5 heteroatoms. The zero-order valence-corrected chi connectivity index (χ0v) is 10.1. The summed E-state index contributed by atoms with van der Waals surface area (Å²) in [6.07, 6.45) is 1.19. The molecule has 0 saturated carbocycles. The number of ether oxygens (including phenoxy) is 1. The lowest BCUT2D eigenvalue weighted by atomic mass is 10.3. The van der Waals surface area contributed by atoms with Crippen molar-refractivity contribution in [3.05, 3.63) is 0 Å². The van der Waals surface area contributed by atoms with Gasteiger partial charge in [-0.3, -0.25) is 9.59 Å². The molecule has 0 aliphatic heterocycles. The predicted octanol–water partition coefficient (Wildman–Crippen LogP) is 1.13. The maximum absolute atomic E-state index is 10.8. The van der Waals surface area contributed by atoms with Gasteiger partial charge in [0.25, 0.3) is 0 Å². The molecule has 0 aromatic carbocycles. The number of esters is 1. The van der Waals surface area contributed by atoms with Crippen LogP contribution in [0.15, 0.2) is 0 Å². The van der Waals surface area contributed by atoms with Gasteiger partial charge in [0.2, 0.25) is 0 Å². The fourth-order valence-corrected chi connectivity index (χ4v) is 1.34. The first-order valence-corrected chi connectivity index (χ1v) is 5.69. The minimum atomic E-state index is -1.15. The van der Waals surface area contributed by atoms with Gasteiger partial charge in [-0.1, -0.05) is 13.8 Å². The van der Waals surface area contributed by atoms with E-state index in [0.717, 1.165) is 32.5 Å². The van der Waals surface area contributed by atoms with Gasteiger partial charge in [-0.15, -0.1) is 0 Å². The zero-order valence-electron chi connectivity index (χ0n) is 10.1. The summed E-state index contributed by atoms with van der Waals surface area (Å²) in [5.41, 5.74) is 0. The molecule has 0 spiro atoms. The summed E-state index contributed by atoms with van der Waals surface area (Å²) in [6, 6.07) is 0. The standard InChI is InChI=1S/C11H21NO4/c1-3-12(4-2)7-5-6-8-16-11(15)9-10(13)14/h3-9H2,1-2H3,(H,13,14). The maximum Gasteiger partial charge on any atom is 0.317 e. The Balaban J connectivity index is 3.39. The number of carboxylic acids is 1. The topological polar surface area (TPSA) is 66.8 Å². The second-order valence-electron chi connectivity index (χ2n) is 3.52. The summed E-state index contributed by atoms with van der Waals surface area (Å²) in [5.74, 6) is -1.80. The molecule has 94 valence electrons. The Kier molecular flexibility index (Phi) is 8.52. The minimum absolute atomic E-state index is 0.313. The molecule has 16 heavy (non-hydrogen) atoms. The minimum Gasteiger partial charge on any atom is -0.481 e. The van der Waals surface area contributed by atoms with Gasteiger partial charge in [0.1, 0.15) is 6.42 Å². The van der Waals surface area contributed by atoms with E-state index < -0.39 is 18.4 Å². The molecule has 0 aliphatic rings. The van der Waals surface area contributed by atoms with E-state index in [9.17, 15) is 9.59 Å². The Hall–Kier alpha value is -1.10. The molecule has 0 bridgehead atoms. The van der Waals surface area contributed by atoms with Crippen LogP contribution in [0.5, 0.6) is 0 Å². The third-order valence-corrected chi connectivity index (χ3v) is 2.32. The first-order chi connectivity index (χ1) is 7.60. The van der Waals surface area contributed by atoms with Gasteiger partial charge in [0, 0.05) is 0 Å². The van der Waals surface area contributed by atoms with E-state index in [-0.39, 0.29) is 0 Å². The number of unbranched alkanes of at least 4 members (excludes halogenated alkanes) is 1. The summed E-state index contributed by atoms with van der Waals surface area (Å²) in [5, 5.41) is 8.32. The molecule has 0 amide bonds. The molecular weight excluding hydrogens is 210 g/mol. The number of aliphatic carboxylic acids is 1. The van der Waals surface area contributed by atoms with Crippen molar-refractivity contribution in [2.75, 3.05) is 26.2 Å². The average molecular weight is 231 g/mol. The van der Waals surface area contributed by atoms with Crippen LogP contribution in [0.25, 0.3) is 0 Å². The Morgan fingerprint density at radius 1 is 1.19 bits per heavy atom. The summed E-state index contributed by atoms with van der Waals surface area (Å²) >= 11 is 0. The highest BCUT2D eigenvalue weighted by Gasteiger charge is 2.08. The molecule has 0 saturated heterocycles. The molecule has 0 heterocycles. The van der Waals surface area contributed by atoms with Crippen LogP contribution in [0.1, 0.15) is 33.1 Å². The molecule has 0 unspecified atom stereocenters. The van der Waals surface area contributed by atoms with Crippen molar-refractivity contribution in [1.82, 2.24) is 4.90 Å². The number of rotatable bonds is 9. The number of carbonyl (C=O) groups is 2. The lowest BCUT2D eigenvalue weighted by Gasteiger charge is -2.17. The van der Waals surface area contributed by atoms with Crippen LogP contribution in [-0.4, -0.2) is 48.2 Å². The second-order valence-corrected chi connectivity index (χ2v) is 3.52. The first kappa shape index (κ1) is 14.9. The van der Waals surface area contributed by atoms with Crippen LogP contribution in [0.3, 0.4) is 0 Å². The third-order valence-electron chi connectivity index (χ3n) is 2.32. The van der Waals surface area contributed by atoms with Crippen molar-refractivity contribution in [1.29, 1.82) is 0 Å². The van der Waals surface area contributed by atoms with E-state index in [2.05, 4.69) is 18.7 Å². The van der Waals surface area contributed by atoms with E-state index in [1.54, 1.807) is 0 Å². The molecular formula is C11H21NO4. The SMILES string of the molecule is CCN(CC)CCCCOC(=O)CC(=O)O. The number of hydrogen-bond acceptors (Lipinski definition) is 4. The molecule has 0 radical (unpaired) electrons. The third kappa shape index (κ3) is 8.23. The van der Waals surface area contributed by atoms with Crippen LogP contribution in [0.4, 0.5) is 0 Å². The Morgan fingerprint density at radius 2 is 1.81 bits per heavy atom. The van der Waals surface area contributed by atoms with Crippen LogP contribution in [0, 0.1) is 0 Å². The smallest absolute Gasteiger partial charge is 0.317 e. The lowest BCUT2D eigenvalue weighted by Crippen LogP contribution is -2.24. The van der Waals surface area contributed by atoms with Crippen molar-refractivity contribution in [2.45, 2.75) is 33.1 Å². The number of carboxylic acid groups (broad SMARTS) is 1. The number of nitrogens with zero attached hydrogens (tertiary/aromatic N) is 1. The van der Waals surface area contributed by atoms with Gasteiger partial charge in [-0.05, 0) is 32.5 Å².